The minimum atomic E-state index is -4.87. The van der Waals surface area contributed by atoms with Crippen LogP contribution in [0.2, 0.25) is 0 Å². The van der Waals surface area contributed by atoms with Gasteiger partial charge in [0.25, 0.3) is 0 Å². The van der Waals surface area contributed by atoms with Crippen LogP contribution < -0.4 is 0 Å². The van der Waals surface area contributed by atoms with Gasteiger partial charge in [0, 0.05) is 31.1 Å². The number of carbonyl (C=O) groups is 2. The number of benzene rings is 1. The second-order valence-corrected chi connectivity index (χ2v) is 8.73. The summed E-state index contributed by atoms with van der Waals surface area (Å²) in [5.74, 6) is -1.62. The van der Waals surface area contributed by atoms with E-state index in [1.165, 1.54) is 0 Å². The van der Waals surface area contributed by atoms with Crippen molar-refractivity contribution < 1.29 is 27.5 Å². The predicted octanol–water partition coefficient (Wildman–Crippen LogP) is 4.33. The first kappa shape index (κ1) is 21.5. The van der Waals surface area contributed by atoms with Crippen molar-refractivity contribution >= 4 is 12.0 Å². The molecule has 1 heterocycles. The van der Waals surface area contributed by atoms with Crippen LogP contribution in [0.15, 0.2) is 30.3 Å². The summed E-state index contributed by atoms with van der Waals surface area (Å²) in [6.45, 7) is 5.32. The molecule has 2 aliphatic rings. The molecule has 160 valence electrons. The molecular formula is C21H27F3N2O3. The fourth-order valence-electron chi connectivity index (χ4n) is 3.94. The van der Waals surface area contributed by atoms with Crippen LogP contribution in [0.5, 0.6) is 0 Å². The van der Waals surface area contributed by atoms with Gasteiger partial charge in [0.15, 0.2) is 0 Å². The standard InChI is InChI=1S/C21H27F3N2O3/c1-20(2,3)29-19(28)26(17-13-16(17)14-7-5-4-6-8-14)15-9-11-25(12-10-15)18(27)21(22,23)24/h4-8,15-17H,9-13H2,1-3H3/t16?,17-/m1/s1. The number of piperidine rings is 1. The predicted molar refractivity (Wildman–Crippen MR) is 101 cm³/mol. The Morgan fingerprint density at radius 1 is 1.07 bits per heavy atom. The maximum absolute atomic E-state index is 12.9. The van der Waals surface area contributed by atoms with Gasteiger partial charge in [-0.2, -0.15) is 13.2 Å². The van der Waals surface area contributed by atoms with E-state index in [0.717, 1.165) is 16.9 Å². The molecule has 0 bridgehead atoms. The van der Waals surface area contributed by atoms with E-state index in [0.29, 0.717) is 12.8 Å². The van der Waals surface area contributed by atoms with Crippen molar-refractivity contribution in [3.8, 4) is 0 Å². The summed E-state index contributed by atoms with van der Waals surface area (Å²) in [6.07, 6.45) is -3.91. The smallest absolute Gasteiger partial charge is 0.444 e. The second kappa shape index (κ2) is 7.88. The van der Waals surface area contributed by atoms with Crippen LogP contribution in [0, 0.1) is 0 Å². The maximum Gasteiger partial charge on any atom is 0.471 e. The molecule has 0 aromatic heterocycles. The van der Waals surface area contributed by atoms with E-state index in [2.05, 4.69) is 0 Å². The normalized spacial score (nSPS) is 22.9. The molecule has 1 aromatic rings. The summed E-state index contributed by atoms with van der Waals surface area (Å²) < 4.78 is 43.7. The molecule has 8 heteroatoms. The largest absolute Gasteiger partial charge is 0.471 e. The average Bonchev–Trinajstić information content (AvgIpc) is 3.40. The van der Waals surface area contributed by atoms with E-state index in [1.54, 1.807) is 25.7 Å². The van der Waals surface area contributed by atoms with Crippen LogP contribution in [-0.2, 0) is 9.53 Å². The molecule has 1 aliphatic carbocycles. The summed E-state index contributed by atoms with van der Waals surface area (Å²) in [5.41, 5.74) is 0.468. The zero-order valence-electron chi connectivity index (χ0n) is 16.9. The molecule has 1 saturated heterocycles. The highest BCUT2D eigenvalue weighted by Gasteiger charge is 2.50. The first-order chi connectivity index (χ1) is 13.5. The highest BCUT2D eigenvalue weighted by atomic mass is 19.4. The fourth-order valence-corrected chi connectivity index (χ4v) is 3.94. The Labute approximate surface area is 168 Å². The molecule has 3 rings (SSSR count). The van der Waals surface area contributed by atoms with Gasteiger partial charge in [-0.05, 0) is 45.6 Å². The Balaban J connectivity index is 1.72. The Hall–Kier alpha value is -2.25. The highest BCUT2D eigenvalue weighted by molar-refractivity contribution is 5.82. The minimum absolute atomic E-state index is 0.0228. The summed E-state index contributed by atoms with van der Waals surface area (Å²) in [7, 11) is 0. The summed E-state index contributed by atoms with van der Waals surface area (Å²) >= 11 is 0. The monoisotopic (exact) mass is 412 g/mol. The van der Waals surface area contributed by atoms with E-state index in [4.69, 9.17) is 4.74 Å². The summed E-state index contributed by atoms with van der Waals surface area (Å²) in [6, 6.07) is 9.57. The first-order valence-electron chi connectivity index (χ1n) is 9.90. The zero-order chi connectivity index (χ0) is 21.4. The van der Waals surface area contributed by atoms with E-state index in [-0.39, 0.29) is 31.1 Å². The van der Waals surface area contributed by atoms with Gasteiger partial charge in [0.2, 0.25) is 0 Å². The molecule has 2 fully saturated rings. The average molecular weight is 412 g/mol. The van der Waals surface area contributed by atoms with Crippen molar-refractivity contribution in [2.24, 2.45) is 0 Å². The number of rotatable bonds is 3. The van der Waals surface area contributed by atoms with Crippen LogP contribution >= 0.6 is 0 Å². The van der Waals surface area contributed by atoms with Crippen molar-refractivity contribution in [3.63, 3.8) is 0 Å². The van der Waals surface area contributed by atoms with Crippen LogP contribution in [0.25, 0.3) is 0 Å². The third kappa shape index (κ3) is 5.22. The number of nitrogens with zero attached hydrogens (tertiary/aromatic N) is 2. The lowest BCUT2D eigenvalue weighted by molar-refractivity contribution is -0.186. The molecule has 2 amide bonds. The van der Waals surface area contributed by atoms with E-state index in [9.17, 15) is 22.8 Å². The van der Waals surface area contributed by atoms with Crippen LogP contribution in [0.4, 0.5) is 18.0 Å². The molecule has 0 spiro atoms. The lowest BCUT2D eigenvalue weighted by Gasteiger charge is -2.39. The van der Waals surface area contributed by atoms with Gasteiger partial charge < -0.3 is 14.5 Å². The van der Waals surface area contributed by atoms with E-state index in [1.807, 2.05) is 30.3 Å². The highest BCUT2D eigenvalue weighted by Crippen LogP contribution is 2.46. The topological polar surface area (TPSA) is 49.9 Å². The Bertz CT molecular complexity index is 738. The Kier molecular flexibility index (Phi) is 5.83. The molecule has 0 radical (unpaired) electrons. The van der Waals surface area contributed by atoms with Crippen molar-refractivity contribution in [2.75, 3.05) is 13.1 Å². The number of likely N-dealkylation sites (tertiary alicyclic amines) is 1. The van der Waals surface area contributed by atoms with E-state index >= 15 is 0 Å². The lowest BCUT2D eigenvalue weighted by atomic mass is 10.0. The molecule has 1 aromatic carbocycles. The number of halogens is 3. The van der Waals surface area contributed by atoms with Gasteiger partial charge in [-0.25, -0.2) is 4.79 Å². The molecule has 1 saturated carbocycles. The van der Waals surface area contributed by atoms with Crippen LogP contribution in [-0.4, -0.2) is 58.8 Å². The SMILES string of the molecule is CC(C)(C)OC(=O)N(C1CCN(C(=O)C(F)(F)F)CC1)[C@@H]1CC1c1ccccc1. The van der Waals surface area contributed by atoms with Gasteiger partial charge in [-0.15, -0.1) is 0 Å². The molecule has 1 aliphatic heterocycles. The van der Waals surface area contributed by atoms with Gasteiger partial charge in [-0.3, -0.25) is 4.79 Å². The number of alkyl halides is 3. The number of hydrogen-bond acceptors (Lipinski definition) is 3. The third-order valence-corrected chi connectivity index (χ3v) is 5.33. The number of carbonyl (C=O) groups excluding carboxylic acids is 2. The van der Waals surface area contributed by atoms with Crippen molar-refractivity contribution in [2.45, 2.75) is 69.8 Å². The van der Waals surface area contributed by atoms with Gasteiger partial charge >= 0.3 is 18.2 Å². The van der Waals surface area contributed by atoms with E-state index < -0.39 is 23.8 Å². The Morgan fingerprint density at radius 2 is 1.66 bits per heavy atom. The van der Waals surface area contributed by atoms with Crippen LogP contribution in [0.1, 0.15) is 51.5 Å². The molecule has 5 nitrogen and oxygen atoms in total. The zero-order valence-corrected chi connectivity index (χ0v) is 16.9. The van der Waals surface area contributed by atoms with Gasteiger partial charge in [0.1, 0.15) is 5.60 Å². The van der Waals surface area contributed by atoms with Gasteiger partial charge in [0.05, 0.1) is 0 Å². The number of ether oxygens (including phenoxy) is 1. The minimum Gasteiger partial charge on any atom is -0.444 e. The fraction of sp³-hybridized carbons (Fsp3) is 0.619. The lowest BCUT2D eigenvalue weighted by Crippen LogP contribution is -2.53. The molecular weight excluding hydrogens is 385 g/mol. The van der Waals surface area contributed by atoms with Crippen molar-refractivity contribution in [1.82, 2.24) is 9.80 Å². The first-order valence-corrected chi connectivity index (χ1v) is 9.90. The summed E-state index contributed by atoms with van der Waals surface area (Å²) in [5, 5.41) is 0. The van der Waals surface area contributed by atoms with Crippen molar-refractivity contribution in [1.29, 1.82) is 0 Å². The molecule has 0 N–H and O–H groups in total. The summed E-state index contributed by atoms with van der Waals surface area (Å²) in [4.78, 5) is 27.0. The third-order valence-electron chi connectivity index (χ3n) is 5.33. The molecule has 1 unspecified atom stereocenters. The molecule has 2 atom stereocenters. The van der Waals surface area contributed by atoms with Gasteiger partial charge in [-0.1, -0.05) is 30.3 Å². The Morgan fingerprint density at radius 3 is 2.17 bits per heavy atom. The maximum atomic E-state index is 12.9. The number of amides is 2. The quantitative estimate of drug-likeness (QED) is 0.742. The van der Waals surface area contributed by atoms with Crippen LogP contribution in [0.3, 0.4) is 0 Å². The second-order valence-electron chi connectivity index (χ2n) is 8.73. The molecule has 29 heavy (non-hydrogen) atoms. The van der Waals surface area contributed by atoms with Crippen molar-refractivity contribution in [3.05, 3.63) is 35.9 Å². The number of hydrogen-bond donors (Lipinski definition) is 0.